The Bertz CT molecular complexity index is 907. The van der Waals surface area contributed by atoms with Gasteiger partial charge in [-0.3, -0.25) is 4.79 Å². The maximum absolute atomic E-state index is 14.2. The Hall–Kier alpha value is -3.23. The molecular formula is C26H22O2. The van der Waals surface area contributed by atoms with E-state index in [1.54, 1.807) is 12.2 Å². The highest BCUT2D eigenvalue weighted by Crippen LogP contribution is 2.44. The zero-order valence-corrected chi connectivity index (χ0v) is 15.5. The fraction of sp³-hybridized carbons (Fsp3) is 0.115. The molecule has 1 aliphatic carbocycles. The van der Waals surface area contributed by atoms with Gasteiger partial charge in [-0.15, -0.1) is 0 Å². The lowest BCUT2D eigenvalue weighted by molar-refractivity contribution is -0.136. The first-order valence-corrected chi connectivity index (χ1v) is 9.46. The maximum Gasteiger partial charge on any atom is 0.187 e. The molecule has 0 bridgehead atoms. The van der Waals surface area contributed by atoms with Crippen LogP contribution >= 0.6 is 0 Å². The molecule has 0 aliphatic heterocycles. The molecule has 0 saturated heterocycles. The van der Waals surface area contributed by atoms with Crippen LogP contribution < -0.4 is 0 Å². The van der Waals surface area contributed by atoms with E-state index >= 15 is 0 Å². The molecule has 28 heavy (non-hydrogen) atoms. The summed E-state index contributed by atoms with van der Waals surface area (Å²) in [5.74, 6) is -0.246. The van der Waals surface area contributed by atoms with E-state index in [0.717, 1.165) is 16.7 Å². The van der Waals surface area contributed by atoms with Gasteiger partial charge in [-0.05, 0) is 22.8 Å². The molecule has 4 rings (SSSR count). The second-order valence-electron chi connectivity index (χ2n) is 7.09. The standard InChI is InChI=1S/C26H22O2/c27-24(25(28)19-11-4-12-20-25)26(21-13-5-1-6-14-21,22-15-7-2-8-16-22)23-17-9-3-10-18-23/h1-19,28H,20H2/t25-/m0/s1. The van der Waals surface area contributed by atoms with Gasteiger partial charge in [-0.1, -0.05) is 109 Å². The van der Waals surface area contributed by atoms with Crippen LogP contribution in [0.15, 0.2) is 115 Å². The van der Waals surface area contributed by atoms with Crippen LogP contribution in [0.25, 0.3) is 0 Å². The average Bonchev–Trinajstić information content (AvgIpc) is 2.77. The number of rotatable bonds is 5. The summed E-state index contributed by atoms with van der Waals surface area (Å²) in [6.45, 7) is 0. The topological polar surface area (TPSA) is 37.3 Å². The van der Waals surface area contributed by atoms with Crippen LogP contribution in [0.2, 0.25) is 0 Å². The molecule has 0 heterocycles. The summed E-state index contributed by atoms with van der Waals surface area (Å²) in [6.07, 6.45) is 7.31. The van der Waals surface area contributed by atoms with Crippen molar-refractivity contribution in [1.29, 1.82) is 0 Å². The first-order valence-electron chi connectivity index (χ1n) is 9.46. The predicted octanol–water partition coefficient (Wildman–Crippen LogP) is 4.84. The first-order chi connectivity index (χ1) is 13.7. The monoisotopic (exact) mass is 366 g/mol. The van der Waals surface area contributed by atoms with Crippen molar-refractivity contribution >= 4 is 5.78 Å². The van der Waals surface area contributed by atoms with Crippen LogP contribution in [-0.2, 0) is 10.2 Å². The van der Waals surface area contributed by atoms with Crippen molar-refractivity contribution < 1.29 is 9.90 Å². The summed E-state index contributed by atoms with van der Waals surface area (Å²) in [5.41, 5.74) is -0.166. The lowest BCUT2D eigenvalue weighted by Crippen LogP contribution is -2.51. The van der Waals surface area contributed by atoms with E-state index in [4.69, 9.17) is 0 Å². The Labute approximate surface area is 165 Å². The van der Waals surface area contributed by atoms with Crippen LogP contribution in [0.1, 0.15) is 23.1 Å². The zero-order valence-electron chi connectivity index (χ0n) is 15.5. The van der Waals surface area contributed by atoms with E-state index in [1.165, 1.54) is 0 Å². The second-order valence-corrected chi connectivity index (χ2v) is 7.09. The molecule has 2 nitrogen and oxygen atoms in total. The zero-order chi connectivity index (χ0) is 19.5. The number of hydrogen-bond acceptors (Lipinski definition) is 2. The summed E-state index contributed by atoms with van der Waals surface area (Å²) in [6, 6.07) is 29.2. The Morgan fingerprint density at radius 3 is 1.50 bits per heavy atom. The molecule has 3 aromatic carbocycles. The number of hydrogen-bond donors (Lipinski definition) is 1. The van der Waals surface area contributed by atoms with E-state index in [1.807, 2.05) is 103 Å². The van der Waals surface area contributed by atoms with Gasteiger partial charge < -0.3 is 5.11 Å². The summed E-state index contributed by atoms with van der Waals surface area (Å²) < 4.78 is 0. The Morgan fingerprint density at radius 1 is 0.714 bits per heavy atom. The summed E-state index contributed by atoms with van der Waals surface area (Å²) in [4.78, 5) is 14.2. The van der Waals surface area contributed by atoms with Gasteiger partial charge >= 0.3 is 0 Å². The van der Waals surface area contributed by atoms with Crippen LogP contribution in [0.4, 0.5) is 0 Å². The van der Waals surface area contributed by atoms with Crippen molar-refractivity contribution in [3.8, 4) is 0 Å². The van der Waals surface area contributed by atoms with Crippen LogP contribution in [0.5, 0.6) is 0 Å². The van der Waals surface area contributed by atoms with E-state index in [0.29, 0.717) is 0 Å². The van der Waals surface area contributed by atoms with Gasteiger partial charge in [-0.25, -0.2) is 0 Å². The van der Waals surface area contributed by atoms with Crippen LogP contribution in [0, 0.1) is 0 Å². The van der Waals surface area contributed by atoms with E-state index in [9.17, 15) is 9.90 Å². The fourth-order valence-electron chi connectivity index (χ4n) is 4.06. The van der Waals surface area contributed by atoms with Crippen molar-refractivity contribution in [2.75, 3.05) is 0 Å². The van der Waals surface area contributed by atoms with Gasteiger partial charge in [0.25, 0.3) is 0 Å². The molecule has 0 spiro atoms. The number of Topliss-reactive ketones (excluding diaryl/α,β-unsaturated/α-hetero) is 1. The Balaban J connectivity index is 2.06. The third-order valence-electron chi connectivity index (χ3n) is 5.40. The van der Waals surface area contributed by atoms with Gasteiger partial charge in [-0.2, -0.15) is 0 Å². The van der Waals surface area contributed by atoms with Gasteiger partial charge in [0.15, 0.2) is 5.78 Å². The lowest BCUT2D eigenvalue weighted by atomic mass is 9.62. The fourth-order valence-corrected chi connectivity index (χ4v) is 4.06. The van der Waals surface area contributed by atoms with Crippen molar-refractivity contribution in [2.24, 2.45) is 0 Å². The second kappa shape index (κ2) is 7.41. The number of benzene rings is 3. The van der Waals surface area contributed by atoms with Crippen molar-refractivity contribution in [3.63, 3.8) is 0 Å². The van der Waals surface area contributed by atoms with Crippen molar-refractivity contribution in [2.45, 2.75) is 17.4 Å². The molecule has 138 valence electrons. The number of aliphatic hydroxyl groups is 1. The number of allylic oxidation sites excluding steroid dienone is 2. The highest BCUT2D eigenvalue weighted by molar-refractivity contribution is 6.04. The van der Waals surface area contributed by atoms with Gasteiger partial charge in [0, 0.05) is 6.42 Å². The molecule has 0 unspecified atom stereocenters. The first kappa shape index (κ1) is 18.1. The third-order valence-corrected chi connectivity index (χ3v) is 5.40. The quantitative estimate of drug-likeness (QED) is 0.656. The molecule has 1 N–H and O–H groups in total. The van der Waals surface area contributed by atoms with Crippen LogP contribution in [0.3, 0.4) is 0 Å². The van der Waals surface area contributed by atoms with Gasteiger partial charge in [0.05, 0.1) is 0 Å². The number of carbonyl (C=O) groups excluding carboxylic acids is 1. The predicted molar refractivity (Wildman–Crippen MR) is 112 cm³/mol. The normalized spacial score (nSPS) is 18.8. The van der Waals surface area contributed by atoms with E-state index in [-0.39, 0.29) is 12.2 Å². The largest absolute Gasteiger partial charge is 0.378 e. The molecule has 1 atom stereocenters. The SMILES string of the molecule is O=C(C(c1ccccc1)(c1ccccc1)c1ccccc1)[C@]1(O)C=CC=CC1. The van der Waals surface area contributed by atoms with Gasteiger partial charge in [0.2, 0.25) is 0 Å². The maximum atomic E-state index is 14.2. The molecule has 3 aromatic rings. The summed E-state index contributed by atoms with van der Waals surface area (Å²) >= 11 is 0. The molecule has 0 aromatic heterocycles. The highest BCUT2D eigenvalue weighted by atomic mass is 16.3. The van der Waals surface area contributed by atoms with Crippen molar-refractivity contribution in [1.82, 2.24) is 0 Å². The van der Waals surface area contributed by atoms with E-state index < -0.39 is 11.0 Å². The molecular weight excluding hydrogens is 344 g/mol. The van der Waals surface area contributed by atoms with Crippen molar-refractivity contribution in [3.05, 3.63) is 132 Å². The smallest absolute Gasteiger partial charge is 0.187 e. The summed E-state index contributed by atoms with van der Waals surface area (Å²) in [7, 11) is 0. The average molecular weight is 366 g/mol. The molecule has 0 radical (unpaired) electrons. The third kappa shape index (κ3) is 2.92. The highest BCUT2D eigenvalue weighted by Gasteiger charge is 2.51. The molecule has 0 amide bonds. The lowest BCUT2D eigenvalue weighted by Gasteiger charge is -2.40. The summed E-state index contributed by atoms with van der Waals surface area (Å²) in [5, 5.41) is 11.4. The number of ketones is 1. The van der Waals surface area contributed by atoms with Crippen LogP contribution in [-0.4, -0.2) is 16.5 Å². The molecule has 2 heteroatoms. The van der Waals surface area contributed by atoms with E-state index in [2.05, 4.69) is 0 Å². The number of carbonyl (C=O) groups is 1. The minimum absolute atomic E-state index is 0.246. The minimum Gasteiger partial charge on any atom is -0.378 e. The molecule has 0 fully saturated rings. The molecule has 1 aliphatic rings. The minimum atomic E-state index is -1.57. The van der Waals surface area contributed by atoms with Gasteiger partial charge in [0.1, 0.15) is 11.0 Å². The Kier molecular flexibility index (Phi) is 4.81. The molecule has 0 saturated carbocycles. The Morgan fingerprint density at radius 2 is 1.14 bits per heavy atom.